The molecule has 1 aromatic carbocycles. The molecule has 0 radical (unpaired) electrons. The summed E-state index contributed by atoms with van der Waals surface area (Å²) in [6, 6.07) is 7.60. The monoisotopic (exact) mass is 439 g/mol. The van der Waals surface area contributed by atoms with E-state index in [0.29, 0.717) is 10.9 Å². The van der Waals surface area contributed by atoms with Crippen molar-refractivity contribution in [3.63, 3.8) is 0 Å². The summed E-state index contributed by atoms with van der Waals surface area (Å²) in [6.07, 6.45) is 1.33. The number of hydrogen-bond acceptors (Lipinski definition) is 6. The lowest BCUT2D eigenvalue weighted by atomic mass is 10.1. The van der Waals surface area contributed by atoms with Crippen molar-refractivity contribution < 1.29 is 29.0 Å². The number of aromatic amines is 1. The predicted molar refractivity (Wildman–Crippen MR) is 118 cm³/mol. The van der Waals surface area contributed by atoms with E-state index in [-0.39, 0.29) is 36.6 Å². The highest BCUT2D eigenvalue weighted by molar-refractivity contribution is 6.15. The number of unbranched alkanes of at least 4 members (excludes halogenated alkanes) is 1. The normalized spacial score (nSPS) is 11.9. The smallest absolute Gasteiger partial charge is 0.326 e. The van der Waals surface area contributed by atoms with Crippen molar-refractivity contribution in [3.05, 3.63) is 41.7 Å². The Morgan fingerprint density at radius 3 is 2.62 bits per heavy atom. The molecule has 3 rings (SSSR count). The average Bonchev–Trinajstić information content (AvgIpc) is 3.14. The molecule has 3 N–H and O–H groups in total. The molecule has 1 atom stereocenters. The van der Waals surface area contributed by atoms with Crippen LogP contribution in [-0.4, -0.2) is 51.4 Å². The molecule has 168 valence electrons. The van der Waals surface area contributed by atoms with Gasteiger partial charge in [0.05, 0.1) is 12.1 Å². The molecule has 0 aliphatic heterocycles. The number of hydrogen-bond donors (Lipinski definition) is 3. The van der Waals surface area contributed by atoms with Crippen molar-refractivity contribution in [2.45, 2.75) is 45.6 Å². The highest BCUT2D eigenvalue weighted by Crippen LogP contribution is 2.28. The fourth-order valence-corrected chi connectivity index (χ4v) is 3.37. The van der Waals surface area contributed by atoms with Gasteiger partial charge in [-0.25, -0.2) is 9.78 Å². The van der Waals surface area contributed by atoms with Crippen LogP contribution in [0.15, 0.2) is 30.3 Å². The highest BCUT2D eigenvalue weighted by atomic mass is 16.5. The number of benzene rings is 1. The number of esters is 1. The summed E-state index contributed by atoms with van der Waals surface area (Å²) in [5, 5.41) is 13.3. The topological polar surface area (TPSA) is 138 Å². The molecule has 9 heteroatoms. The molecule has 2 heterocycles. The number of ketones is 1. The van der Waals surface area contributed by atoms with Gasteiger partial charge < -0.3 is 20.1 Å². The Morgan fingerprint density at radius 2 is 1.94 bits per heavy atom. The third-order valence-corrected chi connectivity index (χ3v) is 5.06. The fraction of sp³-hybridized carbons (Fsp3) is 0.348. The number of carboxylic acid groups (broad SMARTS) is 1. The average molecular weight is 439 g/mol. The van der Waals surface area contributed by atoms with Gasteiger partial charge in [-0.1, -0.05) is 31.5 Å². The van der Waals surface area contributed by atoms with Gasteiger partial charge in [-0.3, -0.25) is 14.4 Å². The number of carbonyl (C=O) groups is 4. The molecule has 9 nitrogen and oxygen atoms in total. The number of ether oxygens (including phenoxy) is 1. The Labute approximate surface area is 184 Å². The zero-order valence-electron chi connectivity index (χ0n) is 17.9. The standard InChI is InChI=1S/C23H25N3O6/c1-3-4-11-32-19(28)10-9-17(23(30)31)26-22(29)18-12-15-14-7-5-6-8-16(14)24-21(15)20(25-18)13(2)27/h5-8,12,17,24H,3-4,9-11H2,1-2H3,(H,26,29)(H,30,31)/t17-/m0/s1. The van der Waals surface area contributed by atoms with Crippen LogP contribution in [0.2, 0.25) is 0 Å². The van der Waals surface area contributed by atoms with Gasteiger partial charge in [0, 0.05) is 29.6 Å². The van der Waals surface area contributed by atoms with Crippen LogP contribution in [0.5, 0.6) is 0 Å². The van der Waals surface area contributed by atoms with Crippen LogP contribution < -0.4 is 5.32 Å². The van der Waals surface area contributed by atoms with Crippen molar-refractivity contribution in [3.8, 4) is 0 Å². The first-order valence-corrected chi connectivity index (χ1v) is 10.4. The molecule has 0 saturated heterocycles. The molecule has 0 spiro atoms. The lowest BCUT2D eigenvalue weighted by Crippen LogP contribution is -2.41. The lowest BCUT2D eigenvalue weighted by molar-refractivity contribution is -0.144. The van der Waals surface area contributed by atoms with Gasteiger partial charge in [-0.2, -0.15) is 0 Å². The molecule has 0 unspecified atom stereocenters. The predicted octanol–water partition coefficient (Wildman–Crippen LogP) is 3.23. The number of aromatic nitrogens is 2. The van der Waals surface area contributed by atoms with E-state index in [1.807, 2.05) is 31.2 Å². The SMILES string of the molecule is CCCCOC(=O)CC[C@H](NC(=O)c1cc2c([nH]c3ccccc32)c(C(C)=O)n1)C(=O)O. The van der Waals surface area contributed by atoms with Crippen LogP contribution in [0.25, 0.3) is 21.8 Å². The van der Waals surface area contributed by atoms with Gasteiger partial charge in [-0.15, -0.1) is 0 Å². The van der Waals surface area contributed by atoms with Gasteiger partial charge in [0.15, 0.2) is 5.78 Å². The minimum absolute atomic E-state index is 0.0794. The lowest BCUT2D eigenvalue weighted by Gasteiger charge is -2.14. The molecule has 2 aromatic heterocycles. The number of fused-ring (bicyclic) bond motifs is 3. The summed E-state index contributed by atoms with van der Waals surface area (Å²) in [7, 11) is 0. The number of para-hydroxylation sites is 1. The van der Waals surface area contributed by atoms with E-state index in [1.54, 1.807) is 0 Å². The van der Waals surface area contributed by atoms with Crippen LogP contribution in [0.1, 0.15) is 60.5 Å². The molecule has 3 aromatic rings. The number of amides is 1. The molecular formula is C23H25N3O6. The van der Waals surface area contributed by atoms with E-state index in [9.17, 15) is 24.3 Å². The summed E-state index contributed by atoms with van der Waals surface area (Å²) in [5.74, 6) is -2.87. The maximum absolute atomic E-state index is 12.8. The number of pyridine rings is 1. The zero-order valence-corrected chi connectivity index (χ0v) is 17.9. The maximum atomic E-state index is 12.8. The van der Waals surface area contributed by atoms with Crippen LogP contribution in [0.3, 0.4) is 0 Å². The quantitative estimate of drug-likeness (QED) is 0.250. The Kier molecular flexibility index (Phi) is 7.19. The molecule has 0 bridgehead atoms. The fourth-order valence-electron chi connectivity index (χ4n) is 3.37. The molecular weight excluding hydrogens is 414 g/mol. The summed E-state index contributed by atoms with van der Waals surface area (Å²) in [5.41, 5.74) is 1.31. The number of Topliss-reactive ketones (excluding diaryl/α,β-unsaturated/α-hetero) is 1. The third-order valence-electron chi connectivity index (χ3n) is 5.06. The van der Waals surface area contributed by atoms with E-state index in [2.05, 4.69) is 15.3 Å². The van der Waals surface area contributed by atoms with Gasteiger partial charge in [0.25, 0.3) is 5.91 Å². The zero-order chi connectivity index (χ0) is 23.3. The minimum atomic E-state index is -1.30. The summed E-state index contributed by atoms with van der Waals surface area (Å²) in [4.78, 5) is 55.7. The second-order valence-corrected chi connectivity index (χ2v) is 7.48. The van der Waals surface area contributed by atoms with Crippen molar-refractivity contribution in [2.75, 3.05) is 6.61 Å². The first-order valence-electron chi connectivity index (χ1n) is 10.4. The van der Waals surface area contributed by atoms with E-state index in [4.69, 9.17) is 4.74 Å². The van der Waals surface area contributed by atoms with E-state index >= 15 is 0 Å². The second kappa shape index (κ2) is 10.0. The molecule has 0 aliphatic rings. The van der Waals surface area contributed by atoms with Gasteiger partial charge in [0.2, 0.25) is 0 Å². The Balaban J connectivity index is 1.83. The Morgan fingerprint density at radius 1 is 1.19 bits per heavy atom. The van der Waals surface area contributed by atoms with Crippen molar-refractivity contribution in [1.29, 1.82) is 0 Å². The molecule has 32 heavy (non-hydrogen) atoms. The van der Waals surface area contributed by atoms with E-state index < -0.39 is 23.9 Å². The van der Waals surface area contributed by atoms with Crippen LogP contribution in [0, 0.1) is 0 Å². The van der Waals surface area contributed by atoms with Crippen LogP contribution >= 0.6 is 0 Å². The highest BCUT2D eigenvalue weighted by Gasteiger charge is 2.24. The number of carboxylic acids is 1. The molecule has 0 fully saturated rings. The first-order chi connectivity index (χ1) is 15.3. The maximum Gasteiger partial charge on any atom is 0.326 e. The summed E-state index contributed by atoms with van der Waals surface area (Å²) < 4.78 is 5.03. The number of carbonyl (C=O) groups excluding carboxylic acids is 3. The molecule has 0 aliphatic carbocycles. The van der Waals surface area contributed by atoms with Crippen molar-refractivity contribution in [1.82, 2.24) is 15.3 Å². The number of nitrogens with one attached hydrogen (secondary N) is 2. The van der Waals surface area contributed by atoms with Gasteiger partial charge >= 0.3 is 11.9 Å². The van der Waals surface area contributed by atoms with E-state index in [1.165, 1.54) is 13.0 Å². The van der Waals surface area contributed by atoms with Crippen molar-refractivity contribution >= 4 is 45.4 Å². The van der Waals surface area contributed by atoms with Crippen molar-refractivity contribution in [2.24, 2.45) is 0 Å². The van der Waals surface area contributed by atoms with Crippen LogP contribution in [0.4, 0.5) is 0 Å². The Bertz CT molecular complexity index is 1180. The largest absolute Gasteiger partial charge is 0.480 e. The summed E-state index contributed by atoms with van der Waals surface area (Å²) >= 11 is 0. The number of nitrogens with zero attached hydrogens (tertiary/aromatic N) is 1. The molecule has 0 saturated carbocycles. The Hall–Kier alpha value is -3.75. The number of rotatable bonds is 10. The summed E-state index contributed by atoms with van der Waals surface area (Å²) in [6.45, 7) is 3.59. The molecule has 1 amide bonds. The van der Waals surface area contributed by atoms with E-state index in [0.717, 1.165) is 23.7 Å². The van der Waals surface area contributed by atoms with Crippen LogP contribution in [-0.2, 0) is 14.3 Å². The minimum Gasteiger partial charge on any atom is -0.480 e. The third kappa shape index (κ3) is 5.11. The second-order valence-electron chi connectivity index (χ2n) is 7.48. The first kappa shape index (κ1) is 22.9. The van der Waals surface area contributed by atoms with Gasteiger partial charge in [-0.05, 0) is 25.0 Å². The number of H-pyrrole nitrogens is 1. The van der Waals surface area contributed by atoms with Gasteiger partial charge in [0.1, 0.15) is 17.4 Å². The number of aliphatic carboxylic acids is 1.